The van der Waals surface area contributed by atoms with Crippen LogP contribution >= 0.6 is 11.3 Å². The van der Waals surface area contributed by atoms with Gasteiger partial charge in [0.25, 0.3) is 0 Å². The molecule has 0 radical (unpaired) electrons. The van der Waals surface area contributed by atoms with E-state index in [2.05, 4.69) is 15.5 Å². The summed E-state index contributed by atoms with van der Waals surface area (Å²) in [5.74, 6) is 0.788. The average molecular weight is 473 g/mol. The number of hydrogen-bond acceptors (Lipinski definition) is 7. The molecule has 9 heteroatoms. The van der Waals surface area contributed by atoms with Gasteiger partial charge in [0.1, 0.15) is 5.75 Å². The number of rotatable bonds is 11. The summed E-state index contributed by atoms with van der Waals surface area (Å²) in [6.45, 7) is 4.99. The van der Waals surface area contributed by atoms with Gasteiger partial charge in [-0.25, -0.2) is 13.4 Å². The summed E-state index contributed by atoms with van der Waals surface area (Å²) in [5, 5.41) is 6.73. The van der Waals surface area contributed by atoms with E-state index in [4.69, 9.17) is 4.74 Å². The van der Waals surface area contributed by atoms with Crippen molar-refractivity contribution in [3.05, 3.63) is 59.5 Å². The van der Waals surface area contributed by atoms with Crippen LogP contribution < -0.4 is 10.2 Å². The number of hydrogen-bond donors (Lipinski definition) is 1. The molecule has 0 amide bonds. The minimum atomic E-state index is -3.54. The predicted octanol–water partition coefficient (Wildman–Crippen LogP) is 5.08. The highest BCUT2D eigenvalue weighted by Gasteiger charge is 2.23. The summed E-state index contributed by atoms with van der Waals surface area (Å²) in [6, 6.07) is 14.5. The van der Waals surface area contributed by atoms with Crippen LogP contribution in [-0.4, -0.2) is 44.1 Å². The normalized spacial score (nSPS) is 11.9. The fourth-order valence-electron chi connectivity index (χ4n) is 3.13. The lowest BCUT2D eigenvalue weighted by Crippen LogP contribution is -2.32. The maximum absolute atomic E-state index is 13.1. The first-order chi connectivity index (χ1) is 15.5. The number of ether oxygens (including phenoxy) is 1. The Bertz CT molecular complexity index is 1140. The van der Waals surface area contributed by atoms with Crippen LogP contribution in [0.5, 0.6) is 5.75 Å². The van der Waals surface area contributed by atoms with E-state index < -0.39 is 10.0 Å². The molecular formula is C23H28N4O3S2. The smallest absolute Gasteiger partial charge is 0.243 e. The van der Waals surface area contributed by atoms with Gasteiger partial charge in [-0.2, -0.15) is 9.41 Å². The first kappa shape index (κ1) is 23.9. The molecule has 0 aliphatic heterocycles. The average Bonchev–Trinajstić information content (AvgIpc) is 3.28. The van der Waals surface area contributed by atoms with Crippen molar-refractivity contribution >= 4 is 32.7 Å². The van der Waals surface area contributed by atoms with Crippen LogP contribution in [0.25, 0.3) is 11.3 Å². The summed E-state index contributed by atoms with van der Waals surface area (Å²) in [7, 11) is -1.91. The standard InChI is InChI=1S/C23H28N4O3S2/c1-4-13-27(14-5-2)32(28,29)21-8-6-7-19(15-21)22-17-31-23(25-22)26-24-16-18-9-11-20(30-3)12-10-18/h6-12,15-17H,4-5,13-14H2,1-3H3,(H,25,26)/b24-16+. The maximum Gasteiger partial charge on any atom is 0.243 e. The van der Waals surface area contributed by atoms with Crippen LogP contribution in [0.1, 0.15) is 32.3 Å². The molecule has 0 saturated carbocycles. The zero-order chi connectivity index (χ0) is 23.0. The summed E-state index contributed by atoms with van der Waals surface area (Å²) in [6.07, 6.45) is 3.25. The molecule has 170 valence electrons. The number of aromatic nitrogens is 1. The lowest BCUT2D eigenvalue weighted by Gasteiger charge is -2.21. The number of methoxy groups -OCH3 is 1. The van der Waals surface area contributed by atoms with E-state index in [1.54, 1.807) is 35.8 Å². The SMILES string of the molecule is CCCN(CCC)S(=O)(=O)c1cccc(-c2csc(N/N=C/c3ccc(OC)cc3)n2)c1. The van der Waals surface area contributed by atoms with E-state index in [1.807, 2.05) is 49.6 Å². The second kappa shape index (κ2) is 11.2. The van der Waals surface area contributed by atoms with E-state index in [9.17, 15) is 8.42 Å². The Labute approximate surface area is 193 Å². The Kier molecular flexibility index (Phi) is 8.38. The molecule has 1 heterocycles. The Hall–Kier alpha value is -2.75. The Morgan fingerprint density at radius 3 is 2.50 bits per heavy atom. The predicted molar refractivity (Wildman–Crippen MR) is 131 cm³/mol. The highest BCUT2D eigenvalue weighted by molar-refractivity contribution is 7.89. The molecule has 0 unspecified atom stereocenters. The fraction of sp³-hybridized carbons (Fsp3) is 0.304. The molecule has 0 aliphatic rings. The minimum absolute atomic E-state index is 0.289. The zero-order valence-corrected chi connectivity index (χ0v) is 20.1. The molecule has 0 fully saturated rings. The maximum atomic E-state index is 13.1. The zero-order valence-electron chi connectivity index (χ0n) is 18.5. The number of nitrogens with one attached hydrogen (secondary N) is 1. The van der Waals surface area contributed by atoms with E-state index in [-0.39, 0.29) is 4.90 Å². The third-order valence-electron chi connectivity index (χ3n) is 4.71. The number of benzene rings is 2. The molecule has 7 nitrogen and oxygen atoms in total. The molecule has 1 N–H and O–H groups in total. The second-order valence-corrected chi connectivity index (χ2v) is 9.91. The Balaban J connectivity index is 1.73. The number of thiazole rings is 1. The summed E-state index contributed by atoms with van der Waals surface area (Å²) >= 11 is 1.41. The topological polar surface area (TPSA) is 83.9 Å². The number of nitrogens with zero attached hydrogens (tertiary/aromatic N) is 3. The van der Waals surface area contributed by atoms with Crippen molar-refractivity contribution in [2.75, 3.05) is 25.6 Å². The van der Waals surface area contributed by atoms with E-state index in [0.717, 1.165) is 29.7 Å². The van der Waals surface area contributed by atoms with Crippen LogP contribution in [0.4, 0.5) is 5.13 Å². The van der Waals surface area contributed by atoms with Gasteiger partial charge in [0.05, 0.1) is 23.9 Å². The van der Waals surface area contributed by atoms with Crippen molar-refractivity contribution < 1.29 is 13.2 Å². The number of anilines is 1. The molecule has 32 heavy (non-hydrogen) atoms. The van der Waals surface area contributed by atoms with E-state index in [0.29, 0.717) is 23.9 Å². The van der Waals surface area contributed by atoms with Gasteiger partial charge in [0.15, 0.2) is 0 Å². The molecule has 3 aromatic rings. The molecule has 3 rings (SSSR count). The highest BCUT2D eigenvalue weighted by Crippen LogP contribution is 2.28. The largest absolute Gasteiger partial charge is 0.497 e. The lowest BCUT2D eigenvalue weighted by atomic mass is 10.2. The van der Waals surface area contributed by atoms with Crippen molar-refractivity contribution in [1.29, 1.82) is 0 Å². The monoisotopic (exact) mass is 472 g/mol. The quantitative estimate of drug-likeness (QED) is 0.311. The number of hydrazone groups is 1. The van der Waals surface area contributed by atoms with Crippen molar-refractivity contribution in [1.82, 2.24) is 9.29 Å². The molecule has 0 bridgehead atoms. The second-order valence-electron chi connectivity index (χ2n) is 7.11. The van der Waals surface area contributed by atoms with Gasteiger partial charge in [0, 0.05) is 24.0 Å². The third-order valence-corrected chi connectivity index (χ3v) is 7.35. The van der Waals surface area contributed by atoms with Crippen LogP contribution in [0.2, 0.25) is 0 Å². The van der Waals surface area contributed by atoms with Gasteiger partial charge in [0.2, 0.25) is 15.2 Å². The molecule has 0 saturated heterocycles. The van der Waals surface area contributed by atoms with Crippen molar-refractivity contribution in [2.45, 2.75) is 31.6 Å². The third kappa shape index (κ3) is 5.93. The van der Waals surface area contributed by atoms with Crippen LogP contribution in [0.3, 0.4) is 0 Å². The molecule has 0 atom stereocenters. The molecule has 1 aromatic heterocycles. The molecule has 2 aromatic carbocycles. The Morgan fingerprint density at radius 1 is 1.12 bits per heavy atom. The molecular weight excluding hydrogens is 444 g/mol. The van der Waals surface area contributed by atoms with Crippen molar-refractivity contribution in [3.63, 3.8) is 0 Å². The van der Waals surface area contributed by atoms with Crippen molar-refractivity contribution in [2.24, 2.45) is 5.10 Å². The van der Waals surface area contributed by atoms with E-state index >= 15 is 0 Å². The fourth-order valence-corrected chi connectivity index (χ4v) is 5.46. The minimum Gasteiger partial charge on any atom is -0.497 e. The van der Waals surface area contributed by atoms with Gasteiger partial charge in [-0.1, -0.05) is 26.0 Å². The van der Waals surface area contributed by atoms with Crippen LogP contribution in [0.15, 0.2) is 63.9 Å². The van der Waals surface area contributed by atoms with Crippen LogP contribution in [-0.2, 0) is 10.0 Å². The summed E-state index contributed by atoms with van der Waals surface area (Å²) < 4.78 is 32.9. The summed E-state index contributed by atoms with van der Waals surface area (Å²) in [5.41, 5.74) is 5.31. The first-order valence-corrected chi connectivity index (χ1v) is 12.8. The number of sulfonamides is 1. The highest BCUT2D eigenvalue weighted by atomic mass is 32.2. The lowest BCUT2D eigenvalue weighted by molar-refractivity contribution is 0.410. The van der Waals surface area contributed by atoms with Gasteiger partial charge in [-0.05, 0) is 54.8 Å². The first-order valence-electron chi connectivity index (χ1n) is 10.5. The van der Waals surface area contributed by atoms with Crippen molar-refractivity contribution in [3.8, 4) is 17.0 Å². The van der Waals surface area contributed by atoms with Gasteiger partial charge in [-0.15, -0.1) is 11.3 Å². The van der Waals surface area contributed by atoms with Gasteiger partial charge < -0.3 is 4.74 Å². The van der Waals surface area contributed by atoms with Crippen LogP contribution in [0, 0.1) is 0 Å². The molecule has 0 aliphatic carbocycles. The van der Waals surface area contributed by atoms with E-state index in [1.165, 1.54) is 11.3 Å². The van der Waals surface area contributed by atoms with Gasteiger partial charge in [-0.3, -0.25) is 5.43 Å². The Morgan fingerprint density at radius 2 is 1.84 bits per heavy atom. The van der Waals surface area contributed by atoms with Gasteiger partial charge >= 0.3 is 0 Å². The summed E-state index contributed by atoms with van der Waals surface area (Å²) in [4.78, 5) is 4.83. The molecule has 0 spiro atoms.